The smallest absolute Gasteiger partial charge is 0.0620 e. The molecule has 0 aliphatic carbocycles. The van der Waals surface area contributed by atoms with Crippen LogP contribution in [0.4, 0.5) is 0 Å². The third-order valence-corrected chi connectivity index (χ3v) is 2.71. The summed E-state index contributed by atoms with van der Waals surface area (Å²) in [5, 5.41) is 9.99. The minimum Gasteiger partial charge on any atom is -0.392 e. The van der Waals surface area contributed by atoms with E-state index >= 15 is 0 Å². The fourth-order valence-electron chi connectivity index (χ4n) is 1.74. The molecule has 2 atom stereocenters. The molecular formula is C12H20N2O. The number of aliphatic hydroxyl groups excluding tert-OH is 1. The van der Waals surface area contributed by atoms with E-state index in [1.165, 1.54) is 0 Å². The Labute approximate surface area is 91.3 Å². The number of hydrogen-bond donors (Lipinski definition) is 2. The molecule has 0 aliphatic rings. The minimum absolute atomic E-state index is 0.0412. The maximum Gasteiger partial charge on any atom is 0.0620 e. The second-order valence-electron chi connectivity index (χ2n) is 3.83. The molecule has 1 rings (SSSR count). The lowest BCUT2D eigenvalue weighted by Crippen LogP contribution is -2.25. The zero-order chi connectivity index (χ0) is 11.1. The van der Waals surface area contributed by atoms with E-state index in [1.54, 1.807) is 12.4 Å². The minimum atomic E-state index is -0.336. The normalized spacial score (nSPS) is 14.9. The number of pyridine rings is 1. The van der Waals surface area contributed by atoms with E-state index in [2.05, 4.69) is 11.9 Å². The highest BCUT2D eigenvalue weighted by molar-refractivity contribution is 5.17. The van der Waals surface area contributed by atoms with Crippen LogP contribution in [0, 0.1) is 0 Å². The van der Waals surface area contributed by atoms with Gasteiger partial charge >= 0.3 is 0 Å². The van der Waals surface area contributed by atoms with Crippen LogP contribution in [0.2, 0.25) is 0 Å². The Hall–Kier alpha value is -0.930. The number of unbranched alkanes of at least 4 members (excludes halogenated alkanes) is 1. The molecule has 1 aromatic rings. The molecule has 3 heteroatoms. The molecule has 1 aromatic heterocycles. The molecule has 0 aromatic carbocycles. The average molecular weight is 208 g/mol. The standard InChI is InChI=1S/C12H20N2O/c1-2-3-4-12(15)11(9-13)10-5-7-14-8-6-10/h5-8,11-12,15H,2-4,9,13H2,1H3. The molecule has 0 radical (unpaired) electrons. The van der Waals surface area contributed by atoms with Gasteiger partial charge in [0.05, 0.1) is 6.10 Å². The lowest BCUT2D eigenvalue weighted by atomic mass is 9.91. The van der Waals surface area contributed by atoms with E-state index in [9.17, 15) is 5.11 Å². The monoisotopic (exact) mass is 208 g/mol. The molecule has 0 saturated carbocycles. The van der Waals surface area contributed by atoms with Crippen molar-refractivity contribution in [3.8, 4) is 0 Å². The highest BCUT2D eigenvalue weighted by Crippen LogP contribution is 2.21. The maximum atomic E-state index is 9.99. The van der Waals surface area contributed by atoms with E-state index in [1.807, 2.05) is 12.1 Å². The van der Waals surface area contributed by atoms with E-state index in [4.69, 9.17) is 5.73 Å². The number of aromatic nitrogens is 1. The van der Waals surface area contributed by atoms with Gasteiger partial charge < -0.3 is 10.8 Å². The fourth-order valence-corrected chi connectivity index (χ4v) is 1.74. The molecule has 0 fully saturated rings. The van der Waals surface area contributed by atoms with E-state index in [0.717, 1.165) is 24.8 Å². The van der Waals surface area contributed by atoms with Crippen LogP contribution in [0.5, 0.6) is 0 Å². The quantitative estimate of drug-likeness (QED) is 0.747. The van der Waals surface area contributed by atoms with Crippen LogP contribution in [0.25, 0.3) is 0 Å². The van der Waals surface area contributed by atoms with Crippen molar-refractivity contribution in [3.05, 3.63) is 30.1 Å². The molecule has 1 heterocycles. The number of hydrogen-bond acceptors (Lipinski definition) is 3. The predicted molar refractivity (Wildman–Crippen MR) is 61.6 cm³/mol. The van der Waals surface area contributed by atoms with Gasteiger partial charge in [-0.1, -0.05) is 19.8 Å². The van der Waals surface area contributed by atoms with E-state index < -0.39 is 0 Å². The Kier molecular flexibility index (Phi) is 5.29. The third kappa shape index (κ3) is 3.61. The number of rotatable bonds is 6. The summed E-state index contributed by atoms with van der Waals surface area (Å²) in [5.41, 5.74) is 6.78. The van der Waals surface area contributed by atoms with Crippen LogP contribution in [0.15, 0.2) is 24.5 Å². The van der Waals surface area contributed by atoms with Gasteiger partial charge in [0.25, 0.3) is 0 Å². The first kappa shape index (κ1) is 12.1. The van der Waals surface area contributed by atoms with Crippen molar-refractivity contribution in [2.24, 2.45) is 5.73 Å². The Bertz CT molecular complexity index is 264. The summed E-state index contributed by atoms with van der Waals surface area (Å²) in [6, 6.07) is 3.85. The molecule has 0 spiro atoms. The first-order valence-electron chi connectivity index (χ1n) is 5.57. The molecule has 0 bridgehead atoms. The van der Waals surface area contributed by atoms with E-state index in [-0.39, 0.29) is 12.0 Å². The lowest BCUT2D eigenvalue weighted by molar-refractivity contribution is 0.133. The predicted octanol–water partition coefficient (Wildman–Crippen LogP) is 1.68. The summed E-state index contributed by atoms with van der Waals surface area (Å²) >= 11 is 0. The van der Waals surface area contributed by atoms with Crippen LogP contribution in [0.3, 0.4) is 0 Å². The zero-order valence-corrected chi connectivity index (χ0v) is 9.26. The number of aliphatic hydroxyl groups is 1. The van der Waals surface area contributed by atoms with Crippen molar-refractivity contribution in [1.29, 1.82) is 0 Å². The van der Waals surface area contributed by atoms with Crippen molar-refractivity contribution in [1.82, 2.24) is 4.98 Å². The van der Waals surface area contributed by atoms with Crippen LogP contribution >= 0.6 is 0 Å². The Morgan fingerprint density at radius 1 is 1.40 bits per heavy atom. The van der Waals surface area contributed by atoms with Crippen molar-refractivity contribution >= 4 is 0 Å². The highest BCUT2D eigenvalue weighted by atomic mass is 16.3. The zero-order valence-electron chi connectivity index (χ0n) is 9.26. The van der Waals surface area contributed by atoms with Gasteiger partial charge in [0.1, 0.15) is 0 Å². The molecule has 3 nitrogen and oxygen atoms in total. The first-order chi connectivity index (χ1) is 7.29. The molecule has 84 valence electrons. The number of nitrogens with two attached hydrogens (primary N) is 1. The summed E-state index contributed by atoms with van der Waals surface area (Å²) in [6.45, 7) is 2.60. The first-order valence-corrected chi connectivity index (χ1v) is 5.57. The molecule has 3 N–H and O–H groups in total. The maximum absolute atomic E-state index is 9.99. The fraction of sp³-hybridized carbons (Fsp3) is 0.583. The summed E-state index contributed by atoms with van der Waals surface area (Å²) in [6.07, 6.45) is 6.11. The van der Waals surface area contributed by atoms with Crippen LogP contribution in [-0.2, 0) is 0 Å². The summed E-state index contributed by atoms with van der Waals surface area (Å²) in [7, 11) is 0. The molecule has 0 amide bonds. The van der Waals surface area contributed by atoms with Gasteiger partial charge in [-0.15, -0.1) is 0 Å². The summed E-state index contributed by atoms with van der Waals surface area (Å²) in [4.78, 5) is 3.96. The van der Waals surface area contributed by atoms with Crippen molar-refractivity contribution in [2.45, 2.75) is 38.2 Å². The lowest BCUT2D eigenvalue weighted by Gasteiger charge is -2.21. The molecule has 2 unspecified atom stereocenters. The Morgan fingerprint density at radius 3 is 2.60 bits per heavy atom. The third-order valence-electron chi connectivity index (χ3n) is 2.71. The largest absolute Gasteiger partial charge is 0.392 e. The van der Waals surface area contributed by atoms with Crippen LogP contribution in [0.1, 0.15) is 37.7 Å². The molecule has 0 aliphatic heterocycles. The summed E-state index contributed by atoms with van der Waals surface area (Å²) in [5.74, 6) is 0.0412. The van der Waals surface area contributed by atoms with Gasteiger partial charge in [-0.25, -0.2) is 0 Å². The molecule has 15 heavy (non-hydrogen) atoms. The second-order valence-corrected chi connectivity index (χ2v) is 3.83. The Balaban J connectivity index is 2.63. The second kappa shape index (κ2) is 6.53. The molecular weight excluding hydrogens is 188 g/mol. The topological polar surface area (TPSA) is 59.1 Å². The molecule has 0 saturated heterocycles. The van der Waals surface area contributed by atoms with Gasteiger partial charge in [-0.3, -0.25) is 4.98 Å². The van der Waals surface area contributed by atoms with Gasteiger partial charge in [0.15, 0.2) is 0 Å². The SMILES string of the molecule is CCCCC(O)C(CN)c1ccncc1. The van der Waals surface area contributed by atoms with Crippen molar-refractivity contribution in [2.75, 3.05) is 6.54 Å². The highest BCUT2D eigenvalue weighted by Gasteiger charge is 2.18. The van der Waals surface area contributed by atoms with E-state index in [0.29, 0.717) is 6.54 Å². The van der Waals surface area contributed by atoms with Gasteiger partial charge in [-0.2, -0.15) is 0 Å². The Morgan fingerprint density at radius 2 is 2.07 bits per heavy atom. The number of nitrogens with zero attached hydrogens (tertiary/aromatic N) is 1. The van der Waals surface area contributed by atoms with Gasteiger partial charge in [0, 0.05) is 24.9 Å². The van der Waals surface area contributed by atoms with Crippen LogP contribution in [-0.4, -0.2) is 22.7 Å². The van der Waals surface area contributed by atoms with Gasteiger partial charge in [0.2, 0.25) is 0 Å². The van der Waals surface area contributed by atoms with Crippen molar-refractivity contribution in [3.63, 3.8) is 0 Å². The average Bonchev–Trinajstić information content (AvgIpc) is 2.29. The van der Waals surface area contributed by atoms with Gasteiger partial charge in [-0.05, 0) is 24.1 Å². The van der Waals surface area contributed by atoms with Crippen LogP contribution < -0.4 is 5.73 Å². The van der Waals surface area contributed by atoms with Crippen molar-refractivity contribution < 1.29 is 5.11 Å². The summed E-state index contributed by atoms with van der Waals surface area (Å²) < 4.78 is 0.